The number of halogens is 1. The van der Waals surface area contributed by atoms with Crippen LogP contribution < -0.4 is 10.6 Å². The molecule has 176 valence electrons. The molecular weight excluding hydrogens is 533 g/mol. The molecule has 2 N–H and O–H groups in total. The second-order valence-corrected chi connectivity index (χ2v) is 9.21. The average Bonchev–Trinajstić information content (AvgIpc) is 3.36. The molecule has 32 heavy (non-hydrogen) atoms. The number of thiazole rings is 1. The van der Waals surface area contributed by atoms with E-state index in [-0.39, 0.29) is 24.0 Å². The fraction of sp³-hybridized carbons (Fsp3) is 0.565. The van der Waals surface area contributed by atoms with E-state index in [2.05, 4.69) is 59.9 Å². The molecule has 1 aromatic heterocycles. The lowest BCUT2D eigenvalue weighted by atomic mass is 10.2. The zero-order valence-electron chi connectivity index (χ0n) is 18.8. The van der Waals surface area contributed by atoms with Gasteiger partial charge < -0.3 is 20.4 Å². The number of hydrogen-bond donors (Lipinski definition) is 1. The van der Waals surface area contributed by atoms with Crippen LogP contribution in [-0.2, 0) is 6.54 Å². The van der Waals surface area contributed by atoms with Crippen molar-refractivity contribution >= 4 is 46.4 Å². The first-order valence-corrected chi connectivity index (χ1v) is 12.3. The Bertz CT molecular complexity index is 786. The molecule has 0 bridgehead atoms. The lowest BCUT2D eigenvalue weighted by Crippen LogP contribution is -2.51. The van der Waals surface area contributed by atoms with Crippen LogP contribution in [-0.4, -0.2) is 91.1 Å². The molecule has 7 nitrogen and oxygen atoms in total. The maximum Gasteiger partial charge on any atom is 0.191 e. The number of nitrogens with zero attached hydrogens (tertiary/aromatic N) is 6. The summed E-state index contributed by atoms with van der Waals surface area (Å²) in [7, 11) is 0. The number of nitrogens with two attached hydrogens (primary N) is 1. The first-order valence-electron chi connectivity index (χ1n) is 11.5. The first-order chi connectivity index (χ1) is 15.3. The molecule has 4 rings (SSSR count). The zero-order chi connectivity index (χ0) is 21.3. The molecule has 2 aromatic rings. The third kappa shape index (κ3) is 7.57. The van der Waals surface area contributed by atoms with E-state index in [0.29, 0.717) is 5.96 Å². The smallest absolute Gasteiger partial charge is 0.191 e. The SMILES string of the molecule is I.NC(=NCCCCN1CCN(Cc2ccccc2)CC1)N1CCN(c2nccs2)CC1. The van der Waals surface area contributed by atoms with Crippen molar-refractivity contribution in [1.82, 2.24) is 19.7 Å². The van der Waals surface area contributed by atoms with Gasteiger partial charge in [0.2, 0.25) is 0 Å². The van der Waals surface area contributed by atoms with Gasteiger partial charge in [-0.15, -0.1) is 35.3 Å². The van der Waals surface area contributed by atoms with Gasteiger partial charge in [0.25, 0.3) is 0 Å². The molecule has 1 aromatic carbocycles. The first kappa shape index (κ1) is 25.2. The van der Waals surface area contributed by atoms with Crippen LogP contribution in [0.15, 0.2) is 46.9 Å². The molecular formula is C23H36IN7S. The molecule has 0 radical (unpaired) electrons. The second kappa shape index (κ2) is 13.3. The fourth-order valence-corrected chi connectivity index (χ4v) is 4.95. The number of piperazine rings is 2. The van der Waals surface area contributed by atoms with Crippen molar-refractivity contribution in [3.8, 4) is 0 Å². The summed E-state index contributed by atoms with van der Waals surface area (Å²) >= 11 is 1.70. The summed E-state index contributed by atoms with van der Waals surface area (Å²) in [5.74, 6) is 0.702. The third-order valence-electron chi connectivity index (χ3n) is 6.16. The topological polar surface area (TPSA) is 64.2 Å². The molecule has 0 saturated carbocycles. The van der Waals surface area contributed by atoms with Gasteiger partial charge in [0, 0.05) is 77.0 Å². The number of aliphatic imine (C=N–C) groups is 1. The van der Waals surface area contributed by atoms with Gasteiger partial charge in [-0.2, -0.15) is 0 Å². The van der Waals surface area contributed by atoms with Crippen LogP contribution in [0.1, 0.15) is 18.4 Å². The molecule has 0 atom stereocenters. The molecule has 2 fully saturated rings. The summed E-state index contributed by atoms with van der Waals surface area (Å²) in [6.45, 7) is 11.5. The second-order valence-electron chi connectivity index (χ2n) is 8.34. The number of benzene rings is 1. The van der Waals surface area contributed by atoms with Crippen molar-refractivity contribution in [3.63, 3.8) is 0 Å². The minimum atomic E-state index is 0. The molecule has 9 heteroatoms. The zero-order valence-corrected chi connectivity index (χ0v) is 22.0. The molecule has 2 aliphatic heterocycles. The van der Waals surface area contributed by atoms with Gasteiger partial charge >= 0.3 is 0 Å². The van der Waals surface area contributed by atoms with Crippen LogP contribution in [0, 0.1) is 0 Å². The number of hydrogen-bond acceptors (Lipinski definition) is 6. The van der Waals surface area contributed by atoms with Gasteiger partial charge in [-0.05, 0) is 24.9 Å². The summed E-state index contributed by atoms with van der Waals surface area (Å²) in [6, 6.07) is 10.8. The molecule has 0 spiro atoms. The summed E-state index contributed by atoms with van der Waals surface area (Å²) in [6.07, 6.45) is 4.16. The number of rotatable bonds is 8. The largest absolute Gasteiger partial charge is 0.370 e. The predicted molar refractivity (Wildman–Crippen MR) is 145 cm³/mol. The highest BCUT2D eigenvalue weighted by Crippen LogP contribution is 2.18. The van der Waals surface area contributed by atoms with Gasteiger partial charge in [-0.25, -0.2) is 4.98 Å². The van der Waals surface area contributed by atoms with Gasteiger partial charge in [0.05, 0.1) is 0 Å². The number of unbranched alkanes of at least 4 members (excludes halogenated alkanes) is 1. The molecule has 2 saturated heterocycles. The molecule has 0 unspecified atom stereocenters. The van der Waals surface area contributed by atoms with Gasteiger partial charge in [0.15, 0.2) is 11.1 Å². The van der Waals surface area contributed by atoms with Gasteiger partial charge in [-0.1, -0.05) is 30.3 Å². The van der Waals surface area contributed by atoms with E-state index in [0.717, 1.165) is 63.9 Å². The summed E-state index contributed by atoms with van der Waals surface area (Å²) < 4.78 is 0. The Labute approximate surface area is 213 Å². The van der Waals surface area contributed by atoms with E-state index in [4.69, 9.17) is 5.73 Å². The maximum absolute atomic E-state index is 6.24. The highest BCUT2D eigenvalue weighted by atomic mass is 127. The van der Waals surface area contributed by atoms with E-state index in [9.17, 15) is 0 Å². The van der Waals surface area contributed by atoms with Crippen molar-refractivity contribution in [2.24, 2.45) is 10.7 Å². The fourth-order valence-electron chi connectivity index (χ4n) is 4.25. The van der Waals surface area contributed by atoms with Crippen LogP contribution >= 0.6 is 35.3 Å². The normalized spacial score (nSPS) is 18.6. The third-order valence-corrected chi connectivity index (χ3v) is 7.00. The standard InChI is InChI=1S/C23H35N7S.HI/c24-22(29-15-17-30(18-16-29)23-26-9-19-31-23)25-8-4-5-10-27-11-13-28(14-12-27)20-21-6-2-1-3-7-21;/h1-3,6-7,9,19H,4-5,8,10-18,20H2,(H2,24,25);1H. The van der Waals surface area contributed by atoms with E-state index in [1.54, 1.807) is 11.3 Å². The van der Waals surface area contributed by atoms with E-state index >= 15 is 0 Å². The van der Waals surface area contributed by atoms with Gasteiger partial charge in [-0.3, -0.25) is 9.89 Å². The summed E-state index contributed by atoms with van der Waals surface area (Å²) in [5.41, 5.74) is 7.66. The van der Waals surface area contributed by atoms with Crippen LogP contribution in [0.5, 0.6) is 0 Å². The van der Waals surface area contributed by atoms with Crippen molar-refractivity contribution in [3.05, 3.63) is 47.5 Å². The van der Waals surface area contributed by atoms with Crippen LogP contribution in [0.4, 0.5) is 5.13 Å². The molecule has 2 aliphatic rings. The Kier molecular flexibility index (Phi) is 10.5. The molecule has 0 aliphatic carbocycles. The van der Waals surface area contributed by atoms with Crippen LogP contribution in [0.3, 0.4) is 0 Å². The summed E-state index contributed by atoms with van der Waals surface area (Å²) in [4.78, 5) is 18.7. The lowest BCUT2D eigenvalue weighted by molar-refractivity contribution is 0.126. The van der Waals surface area contributed by atoms with Crippen molar-refractivity contribution < 1.29 is 0 Å². The molecule has 0 amide bonds. The van der Waals surface area contributed by atoms with Crippen molar-refractivity contribution in [2.45, 2.75) is 19.4 Å². The minimum absolute atomic E-state index is 0. The summed E-state index contributed by atoms with van der Waals surface area (Å²) in [5, 5.41) is 3.14. The Morgan fingerprint density at radius 1 is 0.938 bits per heavy atom. The van der Waals surface area contributed by atoms with E-state index < -0.39 is 0 Å². The van der Waals surface area contributed by atoms with Crippen LogP contribution in [0.25, 0.3) is 0 Å². The average molecular weight is 570 g/mol. The van der Waals surface area contributed by atoms with Crippen LogP contribution in [0.2, 0.25) is 0 Å². The Balaban J connectivity index is 0.00000289. The van der Waals surface area contributed by atoms with E-state index in [1.165, 1.54) is 31.6 Å². The Morgan fingerprint density at radius 2 is 1.66 bits per heavy atom. The number of guanidine groups is 1. The maximum atomic E-state index is 6.24. The van der Waals surface area contributed by atoms with E-state index in [1.807, 2.05) is 11.6 Å². The quantitative estimate of drug-likeness (QED) is 0.229. The highest BCUT2D eigenvalue weighted by molar-refractivity contribution is 14.0. The monoisotopic (exact) mass is 569 g/mol. The number of anilines is 1. The highest BCUT2D eigenvalue weighted by Gasteiger charge is 2.20. The van der Waals surface area contributed by atoms with Crippen molar-refractivity contribution in [1.29, 1.82) is 0 Å². The molecule has 3 heterocycles. The van der Waals surface area contributed by atoms with Crippen molar-refractivity contribution in [2.75, 3.05) is 70.3 Å². The Morgan fingerprint density at radius 3 is 2.34 bits per heavy atom. The predicted octanol–water partition coefficient (Wildman–Crippen LogP) is 2.80. The minimum Gasteiger partial charge on any atom is -0.370 e. The number of aromatic nitrogens is 1. The lowest BCUT2D eigenvalue weighted by Gasteiger charge is -2.35. The Hall–Kier alpha value is -1.43. The van der Waals surface area contributed by atoms with Gasteiger partial charge in [0.1, 0.15) is 0 Å².